The number of non-ortho nitro benzene ring substituents is 1. The maximum Gasteiger partial charge on any atom is 0.319 e. The van der Waals surface area contributed by atoms with E-state index in [4.69, 9.17) is 17.3 Å². The summed E-state index contributed by atoms with van der Waals surface area (Å²) in [7, 11) is 0. The predicted octanol–water partition coefficient (Wildman–Crippen LogP) is 1.86. The summed E-state index contributed by atoms with van der Waals surface area (Å²) in [6, 6.07) is 3.40. The van der Waals surface area contributed by atoms with Gasteiger partial charge >= 0.3 is 6.03 Å². The highest BCUT2D eigenvalue weighted by molar-refractivity contribution is 6.33. The van der Waals surface area contributed by atoms with Crippen molar-refractivity contribution in [1.29, 1.82) is 0 Å². The van der Waals surface area contributed by atoms with Crippen molar-refractivity contribution in [2.24, 2.45) is 5.73 Å². The number of anilines is 1. The van der Waals surface area contributed by atoms with E-state index in [2.05, 4.69) is 10.6 Å². The predicted molar refractivity (Wildman–Crippen MR) is 71.3 cm³/mol. The number of nitro groups is 1. The normalized spacial score (nSPS) is 15.7. The molecule has 1 aromatic carbocycles. The minimum atomic E-state index is -0.555. The first-order valence-electron chi connectivity index (χ1n) is 5.67. The number of halogens is 1. The van der Waals surface area contributed by atoms with E-state index in [9.17, 15) is 14.9 Å². The molecule has 102 valence electrons. The van der Waals surface area contributed by atoms with Crippen molar-refractivity contribution in [3.05, 3.63) is 33.3 Å². The summed E-state index contributed by atoms with van der Waals surface area (Å²) in [4.78, 5) is 21.6. The summed E-state index contributed by atoms with van der Waals surface area (Å²) < 4.78 is 0. The lowest BCUT2D eigenvalue weighted by molar-refractivity contribution is -0.384. The first-order chi connectivity index (χ1) is 8.89. The van der Waals surface area contributed by atoms with Crippen LogP contribution in [0.15, 0.2) is 18.2 Å². The van der Waals surface area contributed by atoms with Crippen LogP contribution in [0, 0.1) is 10.1 Å². The fraction of sp³-hybridized carbons (Fsp3) is 0.364. The van der Waals surface area contributed by atoms with Crippen LogP contribution in [0.5, 0.6) is 0 Å². The molecular formula is C11H13ClN4O3. The first-order valence-corrected chi connectivity index (χ1v) is 6.05. The Morgan fingerprint density at radius 2 is 2.21 bits per heavy atom. The molecule has 0 heterocycles. The van der Waals surface area contributed by atoms with Gasteiger partial charge in [-0.1, -0.05) is 11.6 Å². The number of nitrogens with two attached hydrogens (primary N) is 1. The summed E-state index contributed by atoms with van der Waals surface area (Å²) in [5.74, 6) is 0. The minimum absolute atomic E-state index is 0.109. The Balaban J connectivity index is 1.94. The smallest absolute Gasteiger partial charge is 0.319 e. The number of rotatable bonds is 4. The van der Waals surface area contributed by atoms with Gasteiger partial charge in [-0.3, -0.25) is 10.1 Å². The van der Waals surface area contributed by atoms with Crippen molar-refractivity contribution < 1.29 is 9.72 Å². The molecule has 2 rings (SSSR count). The number of carbonyl (C=O) groups is 1. The molecular weight excluding hydrogens is 272 g/mol. The van der Waals surface area contributed by atoms with Crippen LogP contribution in [0.4, 0.5) is 16.2 Å². The molecule has 1 aliphatic rings. The molecule has 1 aromatic rings. The largest absolute Gasteiger partial charge is 0.336 e. The maximum atomic E-state index is 11.6. The van der Waals surface area contributed by atoms with Crippen LogP contribution in [0.3, 0.4) is 0 Å². The van der Waals surface area contributed by atoms with Crippen molar-refractivity contribution in [1.82, 2.24) is 5.32 Å². The van der Waals surface area contributed by atoms with Gasteiger partial charge in [0.05, 0.1) is 15.6 Å². The van der Waals surface area contributed by atoms with Gasteiger partial charge in [-0.15, -0.1) is 0 Å². The Labute approximate surface area is 114 Å². The fourth-order valence-electron chi connectivity index (χ4n) is 1.48. The van der Waals surface area contributed by atoms with Crippen LogP contribution in [0.25, 0.3) is 0 Å². The molecule has 0 aliphatic heterocycles. The Kier molecular flexibility index (Phi) is 3.59. The third kappa shape index (κ3) is 3.55. The van der Waals surface area contributed by atoms with Crippen molar-refractivity contribution in [2.45, 2.75) is 18.4 Å². The number of nitrogens with zero attached hydrogens (tertiary/aromatic N) is 1. The van der Waals surface area contributed by atoms with Crippen LogP contribution < -0.4 is 16.4 Å². The van der Waals surface area contributed by atoms with Crippen molar-refractivity contribution in [3.8, 4) is 0 Å². The molecule has 4 N–H and O–H groups in total. The van der Waals surface area contributed by atoms with Crippen molar-refractivity contribution >= 4 is 29.0 Å². The van der Waals surface area contributed by atoms with Crippen molar-refractivity contribution in [3.63, 3.8) is 0 Å². The molecule has 0 aromatic heterocycles. The summed E-state index contributed by atoms with van der Waals surface area (Å²) in [6.45, 7) is 0.392. The van der Waals surface area contributed by atoms with E-state index in [1.165, 1.54) is 18.2 Å². The highest BCUT2D eigenvalue weighted by Crippen LogP contribution is 2.31. The van der Waals surface area contributed by atoms with Gasteiger partial charge in [0.2, 0.25) is 0 Å². The number of carbonyl (C=O) groups excluding carboxylic acids is 1. The van der Waals surface area contributed by atoms with Crippen LogP contribution in [0.1, 0.15) is 12.8 Å². The number of nitrogens with one attached hydrogen (secondary N) is 2. The molecule has 0 radical (unpaired) electrons. The Hall–Kier alpha value is -1.86. The topological polar surface area (TPSA) is 110 Å². The van der Waals surface area contributed by atoms with E-state index < -0.39 is 11.0 Å². The fourth-order valence-corrected chi connectivity index (χ4v) is 1.70. The number of nitro benzene ring substituents is 1. The van der Waals surface area contributed by atoms with Crippen LogP contribution in [-0.2, 0) is 0 Å². The maximum absolute atomic E-state index is 11.6. The Morgan fingerprint density at radius 3 is 2.74 bits per heavy atom. The summed E-state index contributed by atoms with van der Waals surface area (Å²) >= 11 is 5.85. The van der Waals surface area contributed by atoms with Gasteiger partial charge in [0.1, 0.15) is 0 Å². The van der Waals surface area contributed by atoms with E-state index in [1.54, 1.807) is 0 Å². The first kappa shape index (κ1) is 13.6. The van der Waals surface area contributed by atoms with Gasteiger partial charge < -0.3 is 16.4 Å². The third-order valence-electron chi connectivity index (χ3n) is 2.90. The van der Waals surface area contributed by atoms with Gasteiger partial charge in [0.15, 0.2) is 0 Å². The highest BCUT2D eigenvalue weighted by Gasteiger charge is 2.38. The number of urea groups is 1. The minimum Gasteiger partial charge on any atom is -0.336 e. The second kappa shape index (κ2) is 5.02. The molecule has 2 amide bonds. The number of hydrogen-bond donors (Lipinski definition) is 3. The SMILES string of the molecule is NC1(CNC(=O)Nc2ccc([N+](=O)[O-])cc2Cl)CC1. The molecule has 0 saturated heterocycles. The molecule has 8 heteroatoms. The number of benzene rings is 1. The van der Waals surface area contributed by atoms with E-state index in [1.807, 2.05) is 0 Å². The lowest BCUT2D eigenvalue weighted by atomic mass is 10.3. The zero-order valence-electron chi connectivity index (χ0n) is 9.98. The van der Waals surface area contributed by atoms with Crippen LogP contribution >= 0.6 is 11.6 Å². The molecule has 0 bridgehead atoms. The van der Waals surface area contributed by atoms with E-state index >= 15 is 0 Å². The van der Waals surface area contributed by atoms with Gasteiger partial charge in [-0.05, 0) is 18.9 Å². The Morgan fingerprint density at radius 1 is 1.53 bits per heavy atom. The average Bonchev–Trinajstić information content (AvgIpc) is 3.08. The summed E-state index contributed by atoms with van der Waals surface area (Å²) in [5, 5.41) is 15.8. The van der Waals surface area contributed by atoms with Crippen LogP contribution in [0.2, 0.25) is 5.02 Å². The quantitative estimate of drug-likeness (QED) is 0.579. The molecule has 1 saturated carbocycles. The van der Waals surface area contributed by atoms with Gasteiger partial charge in [0, 0.05) is 24.2 Å². The summed E-state index contributed by atoms with van der Waals surface area (Å²) in [6.07, 6.45) is 1.79. The number of amides is 2. The lowest BCUT2D eigenvalue weighted by Crippen LogP contribution is -2.40. The van der Waals surface area contributed by atoms with Crippen molar-refractivity contribution in [2.75, 3.05) is 11.9 Å². The standard InChI is InChI=1S/C11H13ClN4O3/c12-8-5-7(16(18)19)1-2-9(8)15-10(17)14-6-11(13)3-4-11/h1-2,5H,3-4,6,13H2,(H2,14,15,17). The molecule has 1 aliphatic carbocycles. The van der Waals surface area contributed by atoms with E-state index in [0.29, 0.717) is 12.2 Å². The zero-order valence-corrected chi connectivity index (χ0v) is 10.7. The lowest BCUT2D eigenvalue weighted by Gasteiger charge is -2.12. The molecule has 0 unspecified atom stereocenters. The summed E-state index contributed by atoms with van der Waals surface area (Å²) in [5.41, 5.74) is 5.73. The van der Waals surface area contributed by atoms with Gasteiger partial charge in [-0.25, -0.2) is 4.79 Å². The van der Waals surface area contributed by atoms with Gasteiger partial charge in [0.25, 0.3) is 5.69 Å². The third-order valence-corrected chi connectivity index (χ3v) is 3.22. The van der Waals surface area contributed by atoms with Gasteiger partial charge in [-0.2, -0.15) is 0 Å². The monoisotopic (exact) mass is 284 g/mol. The second-order valence-electron chi connectivity index (χ2n) is 4.59. The molecule has 1 fully saturated rings. The Bertz CT molecular complexity index is 531. The average molecular weight is 285 g/mol. The molecule has 7 nitrogen and oxygen atoms in total. The molecule has 19 heavy (non-hydrogen) atoms. The van der Waals surface area contributed by atoms with E-state index in [-0.39, 0.29) is 16.2 Å². The zero-order chi connectivity index (χ0) is 14.0. The van der Waals surface area contributed by atoms with Crippen LogP contribution in [-0.4, -0.2) is 23.0 Å². The number of hydrogen-bond acceptors (Lipinski definition) is 4. The second-order valence-corrected chi connectivity index (χ2v) is 5.00. The molecule has 0 spiro atoms. The highest BCUT2D eigenvalue weighted by atomic mass is 35.5. The van der Waals surface area contributed by atoms with E-state index in [0.717, 1.165) is 12.8 Å². The molecule has 0 atom stereocenters.